The van der Waals surface area contributed by atoms with Gasteiger partial charge in [0.2, 0.25) is 0 Å². The topological polar surface area (TPSA) is 60.0 Å². The summed E-state index contributed by atoms with van der Waals surface area (Å²) in [5.74, 6) is 1.96. The average Bonchev–Trinajstić information content (AvgIpc) is 3.11. The highest BCUT2D eigenvalue weighted by atomic mass is 79.9. The predicted molar refractivity (Wildman–Crippen MR) is 140 cm³/mol. The molecule has 8 heteroatoms. The zero-order valence-corrected chi connectivity index (χ0v) is 21.1. The van der Waals surface area contributed by atoms with E-state index >= 15 is 0 Å². The molecule has 0 atom stereocenters. The Morgan fingerprint density at radius 2 is 1.82 bits per heavy atom. The van der Waals surface area contributed by atoms with Crippen LogP contribution in [0.4, 0.5) is 5.69 Å². The van der Waals surface area contributed by atoms with Crippen molar-refractivity contribution in [2.24, 2.45) is 0 Å². The monoisotopic (exact) mass is 538 g/mol. The van der Waals surface area contributed by atoms with Crippen LogP contribution in [0.1, 0.15) is 18.1 Å². The van der Waals surface area contributed by atoms with Crippen LogP contribution < -0.4 is 24.4 Å². The van der Waals surface area contributed by atoms with Gasteiger partial charge < -0.3 is 19.5 Å². The minimum Gasteiger partial charge on any atom is -0.496 e. The maximum absolute atomic E-state index is 13.1. The molecule has 3 aromatic carbocycles. The van der Waals surface area contributed by atoms with E-state index in [1.165, 1.54) is 4.90 Å². The summed E-state index contributed by atoms with van der Waals surface area (Å²) in [4.78, 5) is 14.6. The highest BCUT2D eigenvalue weighted by Gasteiger charge is 2.32. The number of amides is 1. The second-order valence-corrected chi connectivity index (χ2v) is 8.68. The van der Waals surface area contributed by atoms with Crippen LogP contribution in [0.5, 0.6) is 17.2 Å². The maximum atomic E-state index is 13.1. The fourth-order valence-corrected chi connectivity index (χ4v) is 4.19. The summed E-state index contributed by atoms with van der Waals surface area (Å²) in [5, 5.41) is 3.35. The molecule has 6 nitrogen and oxygen atoms in total. The zero-order valence-electron chi connectivity index (χ0n) is 18.7. The Labute approximate surface area is 212 Å². The van der Waals surface area contributed by atoms with Gasteiger partial charge in [-0.3, -0.25) is 9.69 Å². The molecule has 0 saturated carbocycles. The molecule has 1 aliphatic rings. The number of rotatable bonds is 8. The Hall–Kier alpha value is -3.36. The van der Waals surface area contributed by atoms with Crippen molar-refractivity contribution in [1.29, 1.82) is 0 Å². The first-order chi connectivity index (χ1) is 16.5. The lowest BCUT2D eigenvalue weighted by atomic mass is 10.1. The number of ether oxygens (including phenoxy) is 3. The number of halogens is 1. The molecular formula is C26H23BrN2O4S. The molecule has 1 N–H and O–H groups in total. The van der Waals surface area contributed by atoms with Crippen LogP contribution in [-0.2, 0) is 11.4 Å². The lowest BCUT2D eigenvalue weighted by Gasteiger charge is -2.14. The fourth-order valence-electron chi connectivity index (χ4n) is 3.51. The molecule has 0 unspecified atom stereocenters. The van der Waals surface area contributed by atoms with E-state index in [2.05, 4.69) is 21.2 Å². The predicted octanol–water partition coefficient (Wildman–Crippen LogP) is 5.70. The number of anilines is 1. The summed E-state index contributed by atoms with van der Waals surface area (Å²) >= 11 is 8.87. The average molecular weight is 539 g/mol. The van der Waals surface area contributed by atoms with Gasteiger partial charge in [-0.05, 0) is 85.4 Å². The molecule has 0 radical (unpaired) electrons. The third kappa shape index (κ3) is 5.40. The van der Waals surface area contributed by atoms with Crippen LogP contribution in [0.2, 0.25) is 0 Å². The molecule has 1 heterocycles. The number of nitrogens with one attached hydrogen (secondary N) is 1. The van der Waals surface area contributed by atoms with Gasteiger partial charge in [-0.15, -0.1) is 0 Å². The van der Waals surface area contributed by atoms with Gasteiger partial charge in [-0.2, -0.15) is 0 Å². The van der Waals surface area contributed by atoms with Crippen molar-refractivity contribution < 1.29 is 19.0 Å². The molecule has 3 aromatic rings. The first kappa shape index (κ1) is 23.8. The third-order valence-corrected chi connectivity index (χ3v) is 5.87. The number of nitrogens with zero attached hydrogens (tertiary/aromatic N) is 1. The molecule has 0 aromatic heterocycles. The summed E-state index contributed by atoms with van der Waals surface area (Å²) in [6, 6.07) is 20.6. The normalized spacial score (nSPS) is 14.3. The Morgan fingerprint density at radius 1 is 1.03 bits per heavy atom. The number of hydrogen-bond acceptors (Lipinski definition) is 5. The molecule has 174 valence electrons. The quantitative estimate of drug-likeness (QED) is 0.293. The molecule has 1 aliphatic heterocycles. The lowest BCUT2D eigenvalue weighted by molar-refractivity contribution is -0.113. The minimum atomic E-state index is -0.225. The van der Waals surface area contributed by atoms with E-state index in [1.54, 1.807) is 13.2 Å². The Bertz CT molecular complexity index is 1240. The molecule has 1 amide bonds. The van der Waals surface area contributed by atoms with E-state index in [4.69, 9.17) is 26.4 Å². The van der Waals surface area contributed by atoms with Gasteiger partial charge in [-0.1, -0.05) is 28.1 Å². The van der Waals surface area contributed by atoms with E-state index in [0.29, 0.717) is 35.5 Å². The van der Waals surface area contributed by atoms with Crippen LogP contribution in [0.3, 0.4) is 0 Å². The highest BCUT2D eigenvalue weighted by Crippen LogP contribution is 2.27. The van der Waals surface area contributed by atoms with Crippen LogP contribution in [0.15, 0.2) is 76.9 Å². The number of hydrogen-bond donors (Lipinski definition) is 1. The smallest absolute Gasteiger partial charge is 0.281 e. The highest BCUT2D eigenvalue weighted by molar-refractivity contribution is 9.10. The van der Waals surface area contributed by atoms with Gasteiger partial charge in [0.25, 0.3) is 5.91 Å². The van der Waals surface area contributed by atoms with Gasteiger partial charge >= 0.3 is 0 Å². The van der Waals surface area contributed by atoms with Crippen molar-refractivity contribution in [3.8, 4) is 17.2 Å². The Kier molecular flexibility index (Phi) is 7.49. The maximum Gasteiger partial charge on any atom is 0.281 e. The summed E-state index contributed by atoms with van der Waals surface area (Å²) in [7, 11) is 1.62. The number of benzene rings is 3. The first-order valence-corrected chi connectivity index (χ1v) is 11.8. The first-order valence-electron chi connectivity index (χ1n) is 10.6. The SMILES string of the molecule is CCOc1ccc(N2C(=O)/C(=C\c3ccc(OC)c(COc4cccc(Br)c4)c3)NC2=S)cc1. The molecule has 0 aliphatic carbocycles. The van der Waals surface area contributed by atoms with Crippen LogP contribution in [0, 0.1) is 0 Å². The molecular weight excluding hydrogens is 516 g/mol. The second kappa shape index (κ2) is 10.7. The number of thiocarbonyl (C=S) groups is 1. The summed E-state index contributed by atoms with van der Waals surface area (Å²) in [6.45, 7) is 2.81. The number of carbonyl (C=O) groups is 1. The third-order valence-electron chi connectivity index (χ3n) is 5.09. The van der Waals surface area contributed by atoms with Crippen molar-refractivity contribution in [2.45, 2.75) is 13.5 Å². The van der Waals surface area contributed by atoms with E-state index in [9.17, 15) is 4.79 Å². The fraction of sp³-hybridized carbons (Fsp3) is 0.154. The van der Waals surface area contributed by atoms with Gasteiger partial charge in [0, 0.05) is 10.0 Å². The molecule has 1 fully saturated rings. The lowest BCUT2D eigenvalue weighted by Crippen LogP contribution is -2.30. The zero-order chi connectivity index (χ0) is 24.1. The van der Waals surface area contributed by atoms with Gasteiger partial charge in [0.15, 0.2) is 5.11 Å². The molecule has 4 rings (SSSR count). The summed E-state index contributed by atoms with van der Waals surface area (Å²) < 4.78 is 17.8. The Balaban J connectivity index is 1.54. The van der Waals surface area contributed by atoms with Gasteiger partial charge in [0.1, 0.15) is 29.6 Å². The van der Waals surface area contributed by atoms with Crippen molar-refractivity contribution >= 4 is 50.9 Å². The van der Waals surface area contributed by atoms with E-state index in [0.717, 1.165) is 27.1 Å². The number of methoxy groups -OCH3 is 1. The summed E-state index contributed by atoms with van der Waals surface area (Å²) in [5.41, 5.74) is 2.74. The van der Waals surface area contributed by atoms with E-state index in [-0.39, 0.29) is 5.91 Å². The molecule has 1 saturated heterocycles. The largest absolute Gasteiger partial charge is 0.496 e. The molecule has 0 spiro atoms. The van der Waals surface area contributed by atoms with Crippen molar-refractivity contribution in [2.75, 3.05) is 18.6 Å². The molecule has 34 heavy (non-hydrogen) atoms. The van der Waals surface area contributed by atoms with E-state index < -0.39 is 0 Å². The van der Waals surface area contributed by atoms with Gasteiger partial charge in [-0.25, -0.2) is 0 Å². The van der Waals surface area contributed by atoms with Gasteiger partial charge in [0.05, 0.1) is 19.4 Å². The van der Waals surface area contributed by atoms with Crippen molar-refractivity contribution in [3.63, 3.8) is 0 Å². The second-order valence-electron chi connectivity index (χ2n) is 7.37. The van der Waals surface area contributed by atoms with Crippen LogP contribution in [0.25, 0.3) is 6.08 Å². The molecule has 0 bridgehead atoms. The van der Waals surface area contributed by atoms with Crippen molar-refractivity contribution in [1.82, 2.24) is 5.32 Å². The standard InChI is InChI=1S/C26H23BrN2O4S/c1-3-32-21-10-8-20(9-11-21)29-25(30)23(28-26(29)34)14-17-7-12-24(31-2)18(13-17)16-33-22-6-4-5-19(27)15-22/h4-15H,3,16H2,1-2H3,(H,28,34)/b23-14+. The minimum absolute atomic E-state index is 0.225. The Morgan fingerprint density at radius 3 is 2.53 bits per heavy atom. The number of carbonyl (C=O) groups excluding carboxylic acids is 1. The summed E-state index contributed by atoms with van der Waals surface area (Å²) in [6.07, 6.45) is 1.77. The van der Waals surface area contributed by atoms with Crippen LogP contribution >= 0.6 is 28.1 Å². The van der Waals surface area contributed by atoms with Crippen LogP contribution in [-0.4, -0.2) is 24.7 Å². The van der Waals surface area contributed by atoms with E-state index in [1.807, 2.05) is 73.7 Å². The van der Waals surface area contributed by atoms with Crippen molar-refractivity contribution in [3.05, 3.63) is 88.0 Å².